The fourth-order valence-corrected chi connectivity index (χ4v) is 6.62. The Bertz CT molecular complexity index is 987. The van der Waals surface area contributed by atoms with Gasteiger partial charge in [-0.25, -0.2) is 0 Å². The van der Waals surface area contributed by atoms with E-state index in [1.165, 1.54) is 54.5 Å². The minimum Gasteiger partial charge on any atom is -0.508 e. The zero-order chi connectivity index (χ0) is 23.5. The molecule has 0 aromatic heterocycles. The Morgan fingerprint density at radius 2 is 1.68 bits per heavy atom. The number of aryl methyl sites for hydroxylation is 1. The molecule has 2 aliphatic carbocycles. The number of aromatic hydroxyl groups is 1. The standard InChI is InChI=1S/C30H39NO3/c1-33-30(34-2)23-16-18-31(19-17-23)25-11-8-22(9-12-25)29-27(21-6-4-3-5-7-21)14-10-24-20-26(32)13-15-28(24)29/h6,8-9,11-13,15,20,23,27,29-30,32H,3-5,7,10,14,16-19H2,1-2H3/t27-,29+/m1/s1. The summed E-state index contributed by atoms with van der Waals surface area (Å²) in [5.41, 5.74) is 7.09. The van der Waals surface area contributed by atoms with E-state index in [9.17, 15) is 5.11 Å². The summed E-state index contributed by atoms with van der Waals surface area (Å²) in [7, 11) is 3.47. The normalized spacial score (nSPS) is 23.6. The van der Waals surface area contributed by atoms with Crippen molar-refractivity contribution in [1.29, 1.82) is 0 Å². The van der Waals surface area contributed by atoms with Gasteiger partial charge in [0.15, 0.2) is 6.29 Å². The quantitative estimate of drug-likeness (QED) is 0.398. The van der Waals surface area contributed by atoms with Crippen LogP contribution in [0.3, 0.4) is 0 Å². The molecule has 34 heavy (non-hydrogen) atoms. The van der Waals surface area contributed by atoms with Crippen LogP contribution >= 0.6 is 0 Å². The molecule has 0 radical (unpaired) electrons. The van der Waals surface area contributed by atoms with E-state index in [1.807, 2.05) is 12.1 Å². The molecule has 4 nitrogen and oxygen atoms in total. The number of anilines is 1. The fourth-order valence-electron chi connectivity index (χ4n) is 6.62. The smallest absolute Gasteiger partial charge is 0.159 e. The van der Waals surface area contributed by atoms with Crippen molar-refractivity contribution in [3.63, 3.8) is 0 Å². The lowest BCUT2D eigenvalue weighted by Gasteiger charge is -2.38. The number of piperidine rings is 1. The largest absolute Gasteiger partial charge is 0.508 e. The minimum absolute atomic E-state index is 0.0960. The van der Waals surface area contributed by atoms with Gasteiger partial charge in [-0.15, -0.1) is 0 Å². The van der Waals surface area contributed by atoms with Crippen LogP contribution in [0.15, 0.2) is 54.1 Å². The molecule has 1 saturated heterocycles. The number of nitrogens with zero attached hydrogens (tertiary/aromatic N) is 1. The molecule has 1 heterocycles. The first-order valence-corrected chi connectivity index (χ1v) is 13.1. The van der Waals surface area contributed by atoms with Crippen LogP contribution in [0, 0.1) is 11.8 Å². The first-order valence-electron chi connectivity index (χ1n) is 13.1. The van der Waals surface area contributed by atoms with Crippen LogP contribution in [-0.2, 0) is 15.9 Å². The Morgan fingerprint density at radius 1 is 0.912 bits per heavy atom. The van der Waals surface area contributed by atoms with Gasteiger partial charge >= 0.3 is 0 Å². The van der Waals surface area contributed by atoms with E-state index in [1.54, 1.807) is 19.8 Å². The summed E-state index contributed by atoms with van der Waals surface area (Å²) >= 11 is 0. The lowest BCUT2D eigenvalue weighted by Crippen LogP contribution is -2.39. The predicted molar refractivity (Wildman–Crippen MR) is 137 cm³/mol. The number of allylic oxidation sites excluding steroid dienone is 2. The molecule has 1 aliphatic heterocycles. The Morgan fingerprint density at radius 3 is 2.35 bits per heavy atom. The number of fused-ring (bicyclic) bond motifs is 1. The second-order valence-corrected chi connectivity index (χ2v) is 10.3. The third-order valence-corrected chi connectivity index (χ3v) is 8.40. The molecule has 0 spiro atoms. The van der Waals surface area contributed by atoms with Gasteiger partial charge in [0.1, 0.15) is 5.75 Å². The summed E-state index contributed by atoms with van der Waals surface area (Å²) in [6.07, 6.45) is 11.9. The minimum atomic E-state index is -0.0960. The molecule has 0 unspecified atom stereocenters. The average molecular weight is 462 g/mol. The van der Waals surface area contributed by atoms with Crippen LogP contribution in [0.2, 0.25) is 0 Å². The van der Waals surface area contributed by atoms with Gasteiger partial charge in [0.2, 0.25) is 0 Å². The number of hydrogen-bond donors (Lipinski definition) is 1. The van der Waals surface area contributed by atoms with Crippen molar-refractivity contribution in [2.24, 2.45) is 11.8 Å². The maximum absolute atomic E-state index is 10.1. The highest BCUT2D eigenvalue weighted by atomic mass is 16.7. The highest BCUT2D eigenvalue weighted by molar-refractivity contribution is 5.52. The molecule has 0 saturated carbocycles. The molecule has 0 bridgehead atoms. The van der Waals surface area contributed by atoms with E-state index in [2.05, 4.69) is 41.3 Å². The number of methoxy groups -OCH3 is 2. The molecule has 3 aliphatic rings. The molecule has 1 N–H and O–H groups in total. The van der Waals surface area contributed by atoms with E-state index < -0.39 is 0 Å². The van der Waals surface area contributed by atoms with Crippen molar-refractivity contribution in [3.05, 3.63) is 70.8 Å². The summed E-state index contributed by atoms with van der Waals surface area (Å²) in [6.45, 7) is 2.07. The summed E-state index contributed by atoms with van der Waals surface area (Å²) in [5.74, 6) is 1.79. The average Bonchev–Trinajstić information content (AvgIpc) is 2.90. The number of benzene rings is 2. The Labute approximate surface area is 204 Å². The fraction of sp³-hybridized carbons (Fsp3) is 0.533. The molecule has 0 amide bonds. The van der Waals surface area contributed by atoms with Gasteiger partial charge < -0.3 is 19.5 Å². The Balaban J connectivity index is 1.38. The van der Waals surface area contributed by atoms with E-state index in [0.29, 0.717) is 23.5 Å². The zero-order valence-electron chi connectivity index (χ0n) is 20.7. The second kappa shape index (κ2) is 10.5. The summed E-state index contributed by atoms with van der Waals surface area (Å²) in [5, 5.41) is 10.1. The Hall–Kier alpha value is -2.30. The third-order valence-electron chi connectivity index (χ3n) is 8.40. The van der Waals surface area contributed by atoms with Crippen LogP contribution < -0.4 is 4.90 Å². The first-order chi connectivity index (χ1) is 16.7. The summed E-state index contributed by atoms with van der Waals surface area (Å²) in [4.78, 5) is 2.50. The van der Waals surface area contributed by atoms with Gasteiger partial charge in [-0.3, -0.25) is 0 Å². The molecule has 4 heteroatoms. The second-order valence-electron chi connectivity index (χ2n) is 10.3. The molecule has 5 rings (SSSR count). The number of rotatable bonds is 6. The van der Waals surface area contributed by atoms with E-state index in [4.69, 9.17) is 9.47 Å². The van der Waals surface area contributed by atoms with Gasteiger partial charge in [0, 0.05) is 44.8 Å². The van der Waals surface area contributed by atoms with Crippen LogP contribution in [-0.4, -0.2) is 38.7 Å². The van der Waals surface area contributed by atoms with Crippen molar-refractivity contribution >= 4 is 5.69 Å². The number of phenols is 1. The number of ether oxygens (including phenoxy) is 2. The van der Waals surface area contributed by atoms with Crippen molar-refractivity contribution in [3.8, 4) is 5.75 Å². The molecule has 182 valence electrons. The topological polar surface area (TPSA) is 41.9 Å². The SMILES string of the molecule is COC(OC)C1CCN(c2ccc([C@@H]3c4ccc(O)cc4CC[C@@H]3C3=CCCCC3)cc2)CC1. The van der Waals surface area contributed by atoms with Crippen LogP contribution in [0.25, 0.3) is 0 Å². The molecule has 1 fully saturated rings. The van der Waals surface area contributed by atoms with E-state index in [-0.39, 0.29) is 6.29 Å². The molecule has 2 aromatic carbocycles. The molecule has 2 aromatic rings. The maximum Gasteiger partial charge on any atom is 0.159 e. The van der Waals surface area contributed by atoms with Gasteiger partial charge in [0.05, 0.1) is 0 Å². The summed E-state index contributed by atoms with van der Waals surface area (Å²) < 4.78 is 11.0. The van der Waals surface area contributed by atoms with Gasteiger partial charge in [-0.1, -0.05) is 29.8 Å². The predicted octanol–water partition coefficient (Wildman–Crippen LogP) is 6.42. The van der Waals surface area contributed by atoms with Gasteiger partial charge in [-0.2, -0.15) is 0 Å². The van der Waals surface area contributed by atoms with Crippen LogP contribution in [0.1, 0.15) is 67.6 Å². The first kappa shape index (κ1) is 23.4. The van der Waals surface area contributed by atoms with E-state index in [0.717, 1.165) is 32.4 Å². The van der Waals surface area contributed by atoms with Gasteiger partial charge in [0.25, 0.3) is 0 Å². The van der Waals surface area contributed by atoms with Crippen molar-refractivity contribution in [2.45, 2.75) is 63.6 Å². The number of hydrogen-bond acceptors (Lipinski definition) is 4. The lowest BCUT2D eigenvalue weighted by molar-refractivity contribution is -0.141. The van der Waals surface area contributed by atoms with Crippen molar-refractivity contribution < 1.29 is 14.6 Å². The van der Waals surface area contributed by atoms with Crippen LogP contribution in [0.4, 0.5) is 5.69 Å². The zero-order valence-corrected chi connectivity index (χ0v) is 20.7. The van der Waals surface area contributed by atoms with Crippen molar-refractivity contribution in [2.75, 3.05) is 32.2 Å². The number of phenolic OH excluding ortho intramolecular Hbond substituents is 1. The monoisotopic (exact) mass is 461 g/mol. The highest BCUT2D eigenvalue weighted by Crippen LogP contribution is 2.47. The summed E-state index contributed by atoms with van der Waals surface area (Å²) in [6, 6.07) is 15.4. The molecule has 2 atom stereocenters. The maximum atomic E-state index is 10.1. The van der Waals surface area contributed by atoms with E-state index >= 15 is 0 Å². The Kier molecular flexibility index (Phi) is 7.26. The third kappa shape index (κ3) is 4.76. The molecular formula is C30H39NO3. The lowest BCUT2D eigenvalue weighted by atomic mass is 9.67. The highest BCUT2D eigenvalue weighted by Gasteiger charge is 2.34. The van der Waals surface area contributed by atoms with Crippen molar-refractivity contribution in [1.82, 2.24) is 0 Å². The van der Waals surface area contributed by atoms with Gasteiger partial charge in [-0.05, 0) is 98.2 Å². The molecular weight excluding hydrogens is 422 g/mol. The van der Waals surface area contributed by atoms with Crippen LogP contribution in [0.5, 0.6) is 5.75 Å².